The molecule has 0 atom stereocenters. The van der Waals surface area contributed by atoms with Gasteiger partial charge in [0.2, 0.25) is 0 Å². The highest BCUT2D eigenvalue weighted by Gasteiger charge is 2.08. The third-order valence-corrected chi connectivity index (χ3v) is 2.19. The van der Waals surface area contributed by atoms with Gasteiger partial charge in [0.05, 0.1) is 18.2 Å². The summed E-state index contributed by atoms with van der Waals surface area (Å²) in [6, 6.07) is 6.28. The van der Waals surface area contributed by atoms with E-state index in [1.54, 1.807) is 12.1 Å². The van der Waals surface area contributed by atoms with Crippen molar-refractivity contribution < 1.29 is 14.7 Å². The van der Waals surface area contributed by atoms with Gasteiger partial charge in [-0.15, -0.1) is 0 Å². The molecule has 0 aliphatic heterocycles. The van der Waals surface area contributed by atoms with Gasteiger partial charge in [0.15, 0.2) is 0 Å². The molecule has 1 aromatic rings. The van der Waals surface area contributed by atoms with E-state index >= 15 is 0 Å². The van der Waals surface area contributed by atoms with Gasteiger partial charge in [-0.25, -0.2) is 10.2 Å². The number of benzene rings is 1. The number of hydrazine groups is 1. The van der Waals surface area contributed by atoms with Crippen LogP contribution >= 0.6 is 0 Å². The largest absolute Gasteiger partial charge is 0.548 e. The summed E-state index contributed by atoms with van der Waals surface area (Å²) in [5.74, 6) is -1.31. The molecule has 0 bridgehead atoms. The van der Waals surface area contributed by atoms with Crippen molar-refractivity contribution in [3.05, 3.63) is 29.8 Å². The maximum Gasteiger partial charge on any atom is 0.330 e. The molecule has 92 valence electrons. The lowest BCUT2D eigenvalue weighted by Gasteiger charge is -2.24. The van der Waals surface area contributed by atoms with Crippen LogP contribution in [0.2, 0.25) is 0 Å². The van der Waals surface area contributed by atoms with E-state index in [0.29, 0.717) is 5.69 Å². The molecule has 0 unspecified atom stereocenters. The molecule has 1 aromatic carbocycles. The number of primary amides is 1. The fourth-order valence-electron chi connectivity index (χ4n) is 1.37. The molecule has 17 heavy (non-hydrogen) atoms. The molecule has 0 heterocycles. The van der Waals surface area contributed by atoms with E-state index in [2.05, 4.69) is 5.43 Å². The normalized spacial score (nSPS) is 9.71. The van der Waals surface area contributed by atoms with Crippen LogP contribution in [0.15, 0.2) is 24.3 Å². The summed E-state index contributed by atoms with van der Waals surface area (Å²) >= 11 is 0. The van der Waals surface area contributed by atoms with Crippen molar-refractivity contribution in [1.82, 2.24) is 5.43 Å². The third kappa shape index (κ3) is 4.02. The number of nitrogens with zero attached hydrogens (tertiary/aromatic N) is 1. The lowest BCUT2D eigenvalue weighted by Crippen LogP contribution is -2.50. The van der Waals surface area contributed by atoms with Crippen molar-refractivity contribution in [2.75, 3.05) is 11.6 Å². The Hall–Kier alpha value is -2.24. The van der Waals surface area contributed by atoms with Gasteiger partial charge in [-0.05, 0) is 24.1 Å². The van der Waals surface area contributed by atoms with Gasteiger partial charge in [0, 0.05) is 0 Å². The van der Waals surface area contributed by atoms with Crippen LogP contribution in [-0.2, 0) is 11.2 Å². The molecule has 0 fully saturated rings. The second-order valence-electron chi connectivity index (χ2n) is 3.45. The van der Waals surface area contributed by atoms with Crippen LogP contribution in [0.3, 0.4) is 0 Å². The summed E-state index contributed by atoms with van der Waals surface area (Å²) in [5, 5.41) is 11.7. The number of carbonyl (C=O) groups is 2. The highest BCUT2D eigenvalue weighted by molar-refractivity contribution is 5.77. The maximum absolute atomic E-state index is 10.7. The predicted molar refractivity (Wildman–Crippen MR) is 60.9 cm³/mol. The summed E-state index contributed by atoms with van der Waals surface area (Å²) in [7, 11) is 0. The monoisotopic (exact) mass is 236 g/mol. The Kier molecular flexibility index (Phi) is 4.33. The van der Waals surface area contributed by atoms with Crippen LogP contribution in [0.1, 0.15) is 12.5 Å². The molecule has 6 nitrogen and oxygen atoms in total. The number of hydrogen-bond acceptors (Lipinski definition) is 4. The Bertz CT molecular complexity index is 387. The summed E-state index contributed by atoms with van der Waals surface area (Å²) < 4.78 is 0. The summed E-state index contributed by atoms with van der Waals surface area (Å²) in [4.78, 5) is 21.3. The minimum Gasteiger partial charge on any atom is -0.548 e. The molecule has 0 aliphatic rings. The molecular formula is C11H14N3O3-. The van der Waals surface area contributed by atoms with Gasteiger partial charge in [0.1, 0.15) is 0 Å². The first-order valence-electron chi connectivity index (χ1n) is 5.15. The fourth-order valence-corrected chi connectivity index (χ4v) is 1.37. The zero-order valence-electron chi connectivity index (χ0n) is 9.47. The standard InChI is InChI=1S/C11H15N3O3/c1-2-8-3-5-9(6-4-8)14(7-10(15)16)13-11(12)17/h3-6H,2,7H2,1H3,(H,15,16)(H3,12,13,17)/p-1. The Morgan fingerprint density at radius 1 is 1.35 bits per heavy atom. The molecule has 3 N–H and O–H groups in total. The summed E-state index contributed by atoms with van der Waals surface area (Å²) in [5.41, 5.74) is 8.82. The van der Waals surface area contributed by atoms with Crippen molar-refractivity contribution in [3.8, 4) is 0 Å². The summed E-state index contributed by atoms with van der Waals surface area (Å²) in [6.07, 6.45) is 0.879. The number of hydrogen-bond donors (Lipinski definition) is 2. The number of aliphatic carboxylic acids is 1. The average Bonchev–Trinajstić information content (AvgIpc) is 2.27. The molecule has 0 aromatic heterocycles. The van der Waals surface area contributed by atoms with Gasteiger partial charge in [-0.2, -0.15) is 0 Å². The minimum atomic E-state index is -1.31. The fraction of sp³-hybridized carbons (Fsp3) is 0.273. The van der Waals surface area contributed by atoms with Crippen LogP contribution in [0.25, 0.3) is 0 Å². The minimum absolute atomic E-state index is 0.464. The van der Waals surface area contributed by atoms with Gasteiger partial charge in [-0.1, -0.05) is 19.1 Å². The lowest BCUT2D eigenvalue weighted by atomic mass is 10.1. The first kappa shape index (κ1) is 12.8. The highest BCUT2D eigenvalue weighted by atomic mass is 16.4. The molecule has 6 heteroatoms. The average molecular weight is 236 g/mol. The smallest absolute Gasteiger partial charge is 0.330 e. The second-order valence-corrected chi connectivity index (χ2v) is 3.45. The van der Waals surface area contributed by atoms with E-state index in [0.717, 1.165) is 17.0 Å². The van der Waals surface area contributed by atoms with Gasteiger partial charge in [-0.3, -0.25) is 5.01 Å². The van der Waals surface area contributed by atoms with Crippen molar-refractivity contribution in [3.63, 3.8) is 0 Å². The van der Waals surface area contributed by atoms with Gasteiger partial charge in [0.25, 0.3) is 0 Å². The highest BCUT2D eigenvalue weighted by Crippen LogP contribution is 2.13. The quantitative estimate of drug-likeness (QED) is 0.666. The first-order valence-corrected chi connectivity index (χ1v) is 5.15. The van der Waals surface area contributed by atoms with E-state index < -0.39 is 18.5 Å². The van der Waals surface area contributed by atoms with Gasteiger partial charge >= 0.3 is 6.03 Å². The topological polar surface area (TPSA) is 98.5 Å². The van der Waals surface area contributed by atoms with Crippen molar-refractivity contribution in [2.45, 2.75) is 13.3 Å². The van der Waals surface area contributed by atoms with Crippen LogP contribution in [0, 0.1) is 0 Å². The molecule has 0 radical (unpaired) electrons. The first-order chi connectivity index (χ1) is 8.02. The number of anilines is 1. The molecule has 0 spiro atoms. The second kappa shape index (κ2) is 5.74. The number of nitrogens with one attached hydrogen (secondary N) is 1. The SMILES string of the molecule is CCc1ccc(N(CC(=O)[O-])NC(N)=O)cc1. The zero-order valence-corrected chi connectivity index (χ0v) is 9.47. The number of aryl methyl sites for hydroxylation is 1. The number of rotatable bonds is 5. The van der Waals surface area contributed by atoms with Crippen LogP contribution in [-0.4, -0.2) is 18.5 Å². The van der Waals surface area contributed by atoms with E-state index in [1.165, 1.54) is 0 Å². The lowest BCUT2D eigenvalue weighted by molar-refractivity contribution is -0.303. The Morgan fingerprint density at radius 2 is 1.94 bits per heavy atom. The third-order valence-electron chi connectivity index (χ3n) is 2.19. The number of carboxylic acid groups (broad SMARTS) is 1. The van der Waals surface area contributed by atoms with E-state index in [-0.39, 0.29) is 0 Å². The molecule has 0 saturated heterocycles. The van der Waals surface area contributed by atoms with Crippen molar-refractivity contribution in [2.24, 2.45) is 5.73 Å². The number of carbonyl (C=O) groups excluding carboxylic acids is 2. The number of amides is 2. The van der Waals surface area contributed by atoms with E-state index in [1.807, 2.05) is 19.1 Å². The van der Waals surface area contributed by atoms with E-state index in [9.17, 15) is 14.7 Å². The molecule has 0 saturated carbocycles. The van der Waals surface area contributed by atoms with Crippen molar-refractivity contribution >= 4 is 17.7 Å². The van der Waals surface area contributed by atoms with Crippen molar-refractivity contribution in [1.29, 1.82) is 0 Å². The van der Waals surface area contributed by atoms with Crippen LogP contribution < -0.4 is 21.3 Å². The molecule has 0 aliphatic carbocycles. The maximum atomic E-state index is 10.7. The number of carboxylic acids is 1. The van der Waals surface area contributed by atoms with Crippen LogP contribution in [0.4, 0.5) is 10.5 Å². The number of urea groups is 1. The molecule has 2 amide bonds. The molecular weight excluding hydrogens is 222 g/mol. The number of nitrogens with two attached hydrogens (primary N) is 1. The van der Waals surface area contributed by atoms with E-state index in [4.69, 9.17) is 5.73 Å². The summed E-state index contributed by atoms with van der Waals surface area (Å²) in [6.45, 7) is 1.55. The Balaban J connectivity index is 2.86. The Labute approximate surface area is 99.0 Å². The zero-order chi connectivity index (χ0) is 12.8. The Morgan fingerprint density at radius 3 is 2.35 bits per heavy atom. The molecule has 1 rings (SSSR count). The van der Waals surface area contributed by atoms with Gasteiger partial charge < -0.3 is 15.6 Å². The van der Waals surface area contributed by atoms with Crippen LogP contribution in [0.5, 0.6) is 0 Å². The predicted octanol–water partition coefficient (Wildman–Crippen LogP) is -0.611.